The average Bonchev–Trinajstić information content (AvgIpc) is 3.65. The number of aromatic amines is 1. The number of amides is 1. The zero-order chi connectivity index (χ0) is 28.8. The molecule has 1 amide bonds. The molecular formula is C29H34Cl2N4O4S. The maximum Gasteiger partial charge on any atom is 0.253 e. The van der Waals surface area contributed by atoms with E-state index >= 15 is 0 Å². The average molecular weight is 606 g/mol. The van der Waals surface area contributed by atoms with Gasteiger partial charge in [-0.25, -0.2) is 13.4 Å². The number of ether oxygens (including phenoxy) is 1. The normalized spacial score (nSPS) is 22.9. The van der Waals surface area contributed by atoms with Crippen molar-refractivity contribution in [3.8, 4) is 0 Å². The third-order valence-electron chi connectivity index (χ3n) is 7.67. The quantitative estimate of drug-likeness (QED) is 0.355. The number of carbonyl (C=O) groups excluding carboxylic acids is 1. The van der Waals surface area contributed by atoms with Crippen LogP contribution in [0.25, 0.3) is 0 Å². The number of morpholine rings is 1. The van der Waals surface area contributed by atoms with Gasteiger partial charge in [0.15, 0.2) is 15.7 Å². The number of hydrogen-bond donors (Lipinski definition) is 1. The second-order valence-corrected chi connectivity index (χ2v) is 15.3. The number of sulfone groups is 1. The van der Waals surface area contributed by atoms with Crippen LogP contribution in [0.5, 0.6) is 0 Å². The van der Waals surface area contributed by atoms with Crippen molar-refractivity contribution in [3.63, 3.8) is 0 Å². The molecule has 4 unspecified atom stereocenters. The molecule has 214 valence electrons. The molecule has 1 aliphatic heterocycles. The Morgan fingerprint density at radius 1 is 1.07 bits per heavy atom. The van der Waals surface area contributed by atoms with Crippen LogP contribution in [0, 0.1) is 12.8 Å². The molecule has 8 nitrogen and oxygen atoms in total. The van der Waals surface area contributed by atoms with E-state index in [2.05, 4.69) is 15.2 Å². The van der Waals surface area contributed by atoms with Crippen molar-refractivity contribution in [2.24, 2.45) is 5.92 Å². The number of aromatic nitrogens is 3. The lowest BCUT2D eigenvalue weighted by Gasteiger charge is -2.48. The molecule has 0 radical (unpaired) electrons. The predicted octanol–water partition coefficient (Wildman–Crippen LogP) is 5.66. The van der Waals surface area contributed by atoms with E-state index in [-0.39, 0.29) is 24.0 Å². The van der Waals surface area contributed by atoms with Crippen LogP contribution in [0.2, 0.25) is 10.0 Å². The highest BCUT2D eigenvalue weighted by Gasteiger charge is 2.52. The van der Waals surface area contributed by atoms with Crippen molar-refractivity contribution in [1.29, 1.82) is 0 Å². The minimum absolute atomic E-state index is 0.0698. The van der Waals surface area contributed by atoms with Gasteiger partial charge in [-0.2, -0.15) is 5.10 Å². The minimum Gasteiger partial charge on any atom is -0.357 e. The molecular weight excluding hydrogens is 571 g/mol. The van der Waals surface area contributed by atoms with E-state index in [1.807, 2.05) is 30.3 Å². The van der Waals surface area contributed by atoms with Gasteiger partial charge in [0, 0.05) is 22.5 Å². The van der Waals surface area contributed by atoms with Crippen molar-refractivity contribution in [2.45, 2.75) is 76.0 Å². The first-order valence-corrected chi connectivity index (χ1v) is 15.8. The Morgan fingerprint density at radius 2 is 1.77 bits per heavy atom. The Hall–Kier alpha value is -2.46. The van der Waals surface area contributed by atoms with E-state index in [4.69, 9.17) is 27.9 Å². The van der Waals surface area contributed by atoms with Gasteiger partial charge in [-0.15, -0.1) is 0 Å². The Balaban J connectivity index is 1.66. The zero-order valence-electron chi connectivity index (χ0n) is 23.0. The number of carbonyl (C=O) groups is 1. The van der Waals surface area contributed by atoms with Crippen molar-refractivity contribution >= 4 is 38.9 Å². The number of aryl methyl sites for hydroxylation is 1. The summed E-state index contributed by atoms with van der Waals surface area (Å²) < 4.78 is 32.8. The van der Waals surface area contributed by atoms with Crippen LogP contribution in [-0.2, 0) is 25.8 Å². The van der Waals surface area contributed by atoms with Gasteiger partial charge in [0.1, 0.15) is 18.0 Å². The summed E-state index contributed by atoms with van der Waals surface area (Å²) in [5.74, 6) is 0.747. The number of H-pyrrole nitrogens is 1. The lowest BCUT2D eigenvalue weighted by atomic mass is 9.89. The molecule has 0 spiro atoms. The molecule has 3 aromatic rings. The lowest BCUT2D eigenvalue weighted by Crippen LogP contribution is -2.58. The number of nitrogens with one attached hydrogen (secondary N) is 1. The topological polar surface area (TPSA) is 105 Å². The van der Waals surface area contributed by atoms with E-state index in [0.29, 0.717) is 21.7 Å². The predicted molar refractivity (Wildman–Crippen MR) is 155 cm³/mol. The molecule has 2 fully saturated rings. The van der Waals surface area contributed by atoms with Crippen molar-refractivity contribution in [2.75, 3.05) is 5.75 Å². The fraction of sp³-hybridized carbons (Fsp3) is 0.483. The number of halogens is 2. The van der Waals surface area contributed by atoms with Gasteiger partial charge in [0.2, 0.25) is 0 Å². The summed E-state index contributed by atoms with van der Waals surface area (Å²) in [6.45, 7) is 6.89. The van der Waals surface area contributed by atoms with Crippen LogP contribution < -0.4 is 0 Å². The SMILES string of the molecule is Cc1nc(CC2OC(c3cccc(Cl)c3)C(c3ccc(Cl)cc3)N(C(CS(=O)(=O)C(C)(C)C)C3CC3)C2=O)n[nH]1. The Kier molecular flexibility index (Phi) is 8.05. The van der Waals surface area contributed by atoms with E-state index in [1.54, 1.807) is 50.8 Å². The highest BCUT2D eigenvalue weighted by molar-refractivity contribution is 7.92. The van der Waals surface area contributed by atoms with Crippen molar-refractivity contribution in [3.05, 3.63) is 81.4 Å². The van der Waals surface area contributed by atoms with Crippen molar-refractivity contribution in [1.82, 2.24) is 20.1 Å². The first-order chi connectivity index (χ1) is 18.8. The summed E-state index contributed by atoms with van der Waals surface area (Å²) >= 11 is 12.7. The van der Waals surface area contributed by atoms with Gasteiger partial charge in [-0.05, 0) is 81.8 Å². The van der Waals surface area contributed by atoms with Gasteiger partial charge in [0.05, 0.1) is 16.5 Å². The summed E-state index contributed by atoms with van der Waals surface area (Å²) in [6, 6.07) is 13.5. The van der Waals surface area contributed by atoms with Gasteiger partial charge >= 0.3 is 0 Å². The molecule has 11 heteroatoms. The standard InChI is InChI=1S/C29H34Cl2N4O4S/c1-17-32-25(34-33-17)15-24-28(36)35(23(18-8-9-18)16-40(37,38)29(2,3)4)26(19-10-12-21(30)13-11-19)27(39-24)20-6-5-7-22(31)14-20/h5-7,10-14,18,23-24,26-27H,8-9,15-16H2,1-4H3,(H,32,33,34). The highest BCUT2D eigenvalue weighted by atomic mass is 35.5. The fourth-order valence-electron chi connectivity index (χ4n) is 5.25. The number of hydrogen-bond acceptors (Lipinski definition) is 6. The molecule has 1 aromatic heterocycles. The van der Waals surface area contributed by atoms with Crippen LogP contribution in [-0.4, -0.2) is 57.1 Å². The largest absolute Gasteiger partial charge is 0.357 e. The van der Waals surface area contributed by atoms with Crippen LogP contribution in [0.15, 0.2) is 48.5 Å². The fourth-order valence-corrected chi connectivity index (χ4v) is 6.96. The molecule has 2 aliphatic rings. The van der Waals surface area contributed by atoms with Gasteiger partial charge in [-0.3, -0.25) is 9.89 Å². The molecule has 1 aliphatic carbocycles. The maximum absolute atomic E-state index is 14.4. The highest BCUT2D eigenvalue weighted by Crippen LogP contribution is 2.48. The summed E-state index contributed by atoms with van der Waals surface area (Å²) in [5, 5.41) is 8.15. The third kappa shape index (κ3) is 6.08. The van der Waals surface area contributed by atoms with Gasteiger partial charge in [0.25, 0.3) is 5.91 Å². The molecule has 1 N–H and O–H groups in total. The molecule has 4 atom stereocenters. The van der Waals surface area contributed by atoms with E-state index in [0.717, 1.165) is 24.0 Å². The molecule has 2 heterocycles. The number of nitrogens with zero attached hydrogens (tertiary/aromatic N) is 3. The maximum atomic E-state index is 14.4. The molecule has 0 bridgehead atoms. The summed E-state index contributed by atoms with van der Waals surface area (Å²) in [7, 11) is -3.56. The lowest BCUT2D eigenvalue weighted by molar-refractivity contribution is -0.179. The number of benzene rings is 2. The molecule has 1 saturated carbocycles. The smallest absolute Gasteiger partial charge is 0.253 e. The van der Waals surface area contributed by atoms with E-state index < -0.39 is 38.9 Å². The van der Waals surface area contributed by atoms with Crippen LogP contribution in [0.4, 0.5) is 0 Å². The van der Waals surface area contributed by atoms with Gasteiger partial charge < -0.3 is 9.64 Å². The van der Waals surface area contributed by atoms with Gasteiger partial charge in [-0.1, -0.05) is 47.5 Å². The second kappa shape index (κ2) is 11.1. The van der Waals surface area contributed by atoms with E-state index in [9.17, 15) is 13.2 Å². The summed E-state index contributed by atoms with van der Waals surface area (Å²) in [5.41, 5.74) is 1.59. The van der Waals surface area contributed by atoms with Crippen LogP contribution in [0.3, 0.4) is 0 Å². The minimum atomic E-state index is -3.56. The Bertz CT molecular complexity index is 1480. The Labute approximate surface area is 245 Å². The zero-order valence-corrected chi connectivity index (χ0v) is 25.3. The molecule has 40 heavy (non-hydrogen) atoms. The molecule has 5 rings (SSSR count). The molecule has 1 saturated heterocycles. The Morgan fingerprint density at radius 3 is 2.35 bits per heavy atom. The third-order valence-corrected chi connectivity index (χ3v) is 10.8. The summed E-state index contributed by atoms with van der Waals surface area (Å²) in [4.78, 5) is 20.6. The van der Waals surface area contributed by atoms with Crippen molar-refractivity contribution < 1.29 is 17.9 Å². The second-order valence-electron chi connectivity index (χ2n) is 11.7. The monoisotopic (exact) mass is 604 g/mol. The summed E-state index contributed by atoms with van der Waals surface area (Å²) in [6.07, 6.45) is 0.319. The molecule has 2 aromatic carbocycles. The van der Waals surface area contributed by atoms with Crippen LogP contribution >= 0.6 is 23.2 Å². The van der Waals surface area contributed by atoms with Crippen LogP contribution in [0.1, 0.15) is 68.5 Å². The number of rotatable bonds is 8. The first-order valence-electron chi connectivity index (χ1n) is 13.4. The first kappa shape index (κ1) is 29.0. The van der Waals surface area contributed by atoms with E-state index in [1.165, 1.54) is 0 Å².